The van der Waals surface area contributed by atoms with Gasteiger partial charge in [0.05, 0.1) is 11.7 Å². The highest BCUT2D eigenvalue weighted by atomic mass is 16.5. The number of nitrogens with zero attached hydrogens (tertiary/aromatic N) is 1. The average Bonchev–Trinajstić information content (AvgIpc) is 2.83. The minimum Gasteiger partial charge on any atom is -0.489 e. The molecule has 1 saturated carbocycles. The number of rotatable bonds is 5. The van der Waals surface area contributed by atoms with Crippen molar-refractivity contribution in [3.05, 3.63) is 24.0 Å². The first kappa shape index (κ1) is 14.8. The van der Waals surface area contributed by atoms with Crippen molar-refractivity contribution in [2.45, 2.75) is 51.2 Å². The molecule has 0 radical (unpaired) electrons. The van der Waals surface area contributed by atoms with Crippen molar-refractivity contribution in [1.29, 1.82) is 0 Å². The van der Waals surface area contributed by atoms with Crippen LogP contribution in [0.2, 0.25) is 0 Å². The van der Waals surface area contributed by atoms with E-state index >= 15 is 0 Å². The van der Waals surface area contributed by atoms with Crippen LogP contribution >= 0.6 is 0 Å². The molecule has 20 heavy (non-hydrogen) atoms. The van der Waals surface area contributed by atoms with Crippen LogP contribution in [0.3, 0.4) is 0 Å². The molecule has 0 bridgehead atoms. The maximum Gasteiger partial charge on any atom is 0.273 e. The van der Waals surface area contributed by atoms with Gasteiger partial charge in [-0.05, 0) is 38.8 Å². The van der Waals surface area contributed by atoms with E-state index in [1.165, 1.54) is 0 Å². The summed E-state index contributed by atoms with van der Waals surface area (Å²) in [5, 5.41) is 13.0. The highest BCUT2D eigenvalue weighted by Gasteiger charge is 2.31. The second kappa shape index (κ2) is 6.22. The molecule has 5 nitrogen and oxygen atoms in total. The molecule has 0 atom stereocenters. The van der Waals surface area contributed by atoms with Gasteiger partial charge in [-0.3, -0.25) is 4.79 Å². The minimum absolute atomic E-state index is 0.0234. The summed E-state index contributed by atoms with van der Waals surface area (Å²) in [6, 6.07) is 3.46. The average molecular weight is 278 g/mol. The van der Waals surface area contributed by atoms with Crippen molar-refractivity contribution < 1.29 is 14.6 Å². The number of carbonyl (C=O) groups is 1. The number of aliphatic hydroxyl groups is 1. The molecule has 1 aromatic rings. The molecule has 1 fully saturated rings. The van der Waals surface area contributed by atoms with Crippen molar-refractivity contribution in [2.24, 2.45) is 0 Å². The standard InChI is InChI=1S/C15H22N2O3/c1-11(2)20-12-6-5-9-16-13(12)14(18)17-10-15(19)7-3-4-8-15/h5-6,9,11,19H,3-4,7-8,10H2,1-2H3,(H,17,18). The molecule has 0 saturated heterocycles. The van der Waals surface area contributed by atoms with Crippen molar-refractivity contribution in [2.75, 3.05) is 6.54 Å². The van der Waals surface area contributed by atoms with Gasteiger partial charge in [0.1, 0.15) is 0 Å². The Morgan fingerprint density at radius 1 is 1.50 bits per heavy atom. The Kier molecular flexibility index (Phi) is 4.60. The number of hydrogen-bond acceptors (Lipinski definition) is 4. The van der Waals surface area contributed by atoms with Crippen molar-refractivity contribution >= 4 is 5.91 Å². The summed E-state index contributed by atoms with van der Waals surface area (Å²) in [4.78, 5) is 16.3. The zero-order chi connectivity index (χ0) is 14.6. The van der Waals surface area contributed by atoms with E-state index in [0.717, 1.165) is 25.7 Å². The second-order valence-electron chi connectivity index (χ2n) is 5.63. The normalized spacial score (nSPS) is 17.2. The lowest BCUT2D eigenvalue weighted by Gasteiger charge is -2.22. The Balaban J connectivity index is 2.01. The predicted molar refractivity (Wildman–Crippen MR) is 75.8 cm³/mol. The van der Waals surface area contributed by atoms with E-state index in [0.29, 0.717) is 5.75 Å². The molecule has 0 aromatic carbocycles. The topological polar surface area (TPSA) is 71.5 Å². The lowest BCUT2D eigenvalue weighted by atomic mass is 10.0. The molecule has 1 aliphatic carbocycles. The highest BCUT2D eigenvalue weighted by Crippen LogP contribution is 2.28. The number of ether oxygens (including phenoxy) is 1. The van der Waals surface area contributed by atoms with Crippen LogP contribution in [0.4, 0.5) is 0 Å². The van der Waals surface area contributed by atoms with Gasteiger partial charge in [0.15, 0.2) is 11.4 Å². The lowest BCUT2D eigenvalue weighted by molar-refractivity contribution is 0.0447. The molecule has 110 valence electrons. The number of amides is 1. The van der Waals surface area contributed by atoms with Gasteiger partial charge in [0, 0.05) is 12.7 Å². The summed E-state index contributed by atoms with van der Waals surface area (Å²) in [6.07, 6.45) is 5.04. The number of aromatic nitrogens is 1. The lowest BCUT2D eigenvalue weighted by Crippen LogP contribution is -2.41. The van der Waals surface area contributed by atoms with Crippen LogP contribution in [-0.4, -0.2) is 34.2 Å². The molecule has 0 spiro atoms. The molecule has 1 heterocycles. The maximum atomic E-state index is 12.2. The summed E-state index contributed by atoms with van der Waals surface area (Å²) < 4.78 is 5.58. The molecule has 0 unspecified atom stereocenters. The van der Waals surface area contributed by atoms with E-state index in [1.54, 1.807) is 18.3 Å². The van der Waals surface area contributed by atoms with Crippen LogP contribution < -0.4 is 10.1 Å². The van der Waals surface area contributed by atoms with Crippen LogP contribution in [0.25, 0.3) is 0 Å². The molecule has 1 aromatic heterocycles. The summed E-state index contributed by atoms with van der Waals surface area (Å²) in [6.45, 7) is 4.06. The second-order valence-corrected chi connectivity index (χ2v) is 5.63. The summed E-state index contributed by atoms with van der Waals surface area (Å²) >= 11 is 0. The van der Waals surface area contributed by atoms with E-state index in [9.17, 15) is 9.90 Å². The van der Waals surface area contributed by atoms with Crippen LogP contribution in [0, 0.1) is 0 Å². The van der Waals surface area contributed by atoms with E-state index in [1.807, 2.05) is 13.8 Å². The molecule has 2 rings (SSSR count). The van der Waals surface area contributed by atoms with Gasteiger partial charge < -0.3 is 15.2 Å². The largest absolute Gasteiger partial charge is 0.489 e. The van der Waals surface area contributed by atoms with E-state index in [-0.39, 0.29) is 24.2 Å². The Labute approximate surface area is 119 Å². The van der Waals surface area contributed by atoms with Crippen molar-refractivity contribution in [1.82, 2.24) is 10.3 Å². The molecular formula is C15H22N2O3. The molecule has 0 aliphatic heterocycles. The Morgan fingerprint density at radius 2 is 2.20 bits per heavy atom. The molecule has 2 N–H and O–H groups in total. The van der Waals surface area contributed by atoms with Crippen molar-refractivity contribution in [3.8, 4) is 5.75 Å². The molecular weight excluding hydrogens is 256 g/mol. The highest BCUT2D eigenvalue weighted by molar-refractivity contribution is 5.94. The zero-order valence-electron chi connectivity index (χ0n) is 12.1. The monoisotopic (exact) mass is 278 g/mol. The quantitative estimate of drug-likeness (QED) is 0.863. The van der Waals surface area contributed by atoms with E-state index < -0.39 is 5.60 Å². The van der Waals surface area contributed by atoms with Gasteiger partial charge in [-0.2, -0.15) is 0 Å². The van der Waals surface area contributed by atoms with Crippen LogP contribution in [0.1, 0.15) is 50.0 Å². The fraction of sp³-hybridized carbons (Fsp3) is 0.600. The Bertz CT molecular complexity index is 468. The third-order valence-corrected chi connectivity index (χ3v) is 3.46. The first-order valence-electron chi connectivity index (χ1n) is 7.12. The molecule has 5 heteroatoms. The third kappa shape index (κ3) is 3.70. The maximum absolute atomic E-state index is 12.2. The van der Waals surface area contributed by atoms with E-state index in [2.05, 4.69) is 10.3 Å². The van der Waals surface area contributed by atoms with Crippen LogP contribution in [0.15, 0.2) is 18.3 Å². The Hall–Kier alpha value is -1.62. The molecule has 1 amide bonds. The zero-order valence-corrected chi connectivity index (χ0v) is 12.1. The van der Waals surface area contributed by atoms with Crippen LogP contribution in [0.5, 0.6) is 5.75 Å². The van der Waals surface area contributed by atoms with Crippen molar-refractivity contribution in [3.63, 3.8) is 0 Å². The summed E-state index contributed by atoms with van der Waals surface area (Å²) in [5.74, 6) is 0.167. The number of nitrogens with one attached hydrogen (secondary N) is 1. The van der Waals surface area contributed by atoms with Crippen LogP contribution in [-0.2, 0) is 0 Å². The minimum atomic E-state index is -0.760. The van der Waals surface area contributed by atoms with Gasteiger partial charge in [-0.15, -0.1) is 0 Å². The van der Waals surface area contributed by atoms with Gasteiger partial charge in [0.2, 0.25) is 0 Å². The fourth-order valence-corrected chi connectivity index (χ4v) is 2.45. The third-order valence-electron chi connectivity index (χ3n) is 3.46. The van der Waals surface area contributed by atoms with E-state index in [4.69, 9.17) is 4.74 Å². The first-order valence-corrected chi connectivity index (χ1v) is 7.12. The number of pyridine rings is 1. The molecule has 1 aliphatic rings. The summed E-state index contributed by atoms with van der Waals surface area (Å²) in [7, 11) is 0. The number of carbonyl (C=O) groups excluding carboxylic acids is 1. The van der Waals surface area contributed by atoms with Gasteiger partial charge >= 0.3 is 0 Å². The predicted octanol–water partition coefficient (Wildman–Crippen LogP) is 1.90. The van der Waals surface area contributed by atoms with Gasteiger partial charge in [-0.25, -0.2) is 4.98 Å². The summed E-state index contributed by atoms with van der Waals surface area (Å²) in [5.41, 5.74) is -0.494. The smallest absolute Gasteiger partial charge is 0.273 e. The van der Waals surface area contributed by atoms with Gasteiger partial charge in [0.25, 0.3) is 5.91 Å². The first-order chi connectivity index (χ1) is 9.50. The van der Waals surface area contributed by atoms with Gasteiger partial charge in [-0.1, -0.05) is 12.8 Å². The SMILES string of the molecule is CC(C)Oc1cccnc1C(=O)NCC1(O)CCCC1. The Morgan fingerprint density at radius 3 is 2.85 bits per heavy atom. The number of hydrogen-bond donors (Lipinski definition) is 2. The fourth-order valence-electron chi connectivity index (χ4n) is 2.45.